The Balaban J connectivity index is 1.64. The van der Waals surface area contributed by atoms with Gasteiger partial charge in [-0.15, -0.1) is 0 Å². The number of allylic oxidation sites excluding steroid dienone is 1. The molecule has 1 aliphatic heterocycles. The summed E-state index contributed by atoms with van der Waals surface area (Å²) in [6.07, 6.45) is 11.1. The Bertz CT molecular complexity index is 1140. The molecule has 38 heavy (non-hydrogen) atoms. The van der Waals surface area contributed by atoms with Crippen molar-refractivity contribution in [2.45, 2.75) is 82.3 Å². The first-order valence-corrected chi connectivity index (χ1v) is 13.9. The predicted molar refractivity (Wildman–Crippen MR) is 149 cm³/mol. The predicted octanol–water partition coefficient (Wildman–Crippen LogP) is 7.35. The molecule has 3 atom stereocenters. The van der Waals surface area contributed by atoms with Crippen LogP contribution in [0.5, 0.6) is 23.0 Å². The molecule has 6 nitrogen and oxygen atoms in total. The molecule has 1 spiro atoms. The fourth-order valence-corrected chi connectivity index (χ4v) is 5.99. The van der Waals surface area contributed by atoms with E-state index in [4.69, 9.17) is 23.7 Å². The molecule has 3 unspecified atom stereocenters. The molecule has 1 aliphatic carbocycles. The molecule has 0 N–H and O–H groups in total. The second kappa shape index (κ2) is 12.7. The van der Waals surface area contributed by atoms with Crippen LogP contribution in [0.2, 0.25) is 0 Å². The average molecular weight is 523 g/mol. The third-order valence-electron chi connectivity index (χ3n) is 8.08. The lowest BCUT2D eigenvalue weighted by Crippen LogP contribution is -2.38. The highest BCUT2D eigenvalue weighted by Crippen LogP contribution is 2.56. The number of hydrogen-bond donors (Lipinski definition) is 0. The highest BCUT2D eigenvalue weighted by atomic mass is 16.5. The SMILES string of the molecule is CCCCCCCC=C1CC(c2ccc(OC)c(OC)c2)C2(CCC(c3ccc(OC)c(OC)c3)O2)C1=O. The van der Waals surface area contributed by atoms with Crippen LogP contribution in [-0.4, -0.2) is 39.8 Å². The minimum absolute atomic E-state index is 0.0914. The van der Waals surface area contributed by atoms with Crippen molar-refractivity contribution in [1.82, 2.24) is 0 Å². The third-order valence-corrected chi connectivity index (χ3v) is 8.08. The molecule has 0 radical (unpaired) electrons. The summed E-state index contributed by atoms with van der Waals surface area (Å²) >= 11 is 0. The summed E-state index contributed by atoms with van der Waals surface area (Å²) in [7, 11) is 6.53. The number of hydrogen-bond acceptors (Lipinski definition) is 6. The Morgan fingerprint density at radius 2 is 1.45 bits per heavy atom. The monoisotopic (exact) mass is 522 g/mol. The fourth-order valence-electron chi connectivity index (χ4n) is 5.99. The van der Waals surface area contributed by atoms with Gasteiger partial charge in [0.2, 0.25) is 0 Å². The minimum Gasteiger partial charge on any atom is -0.493 e. The van der Waals surface area contributed by atoms with Crippen LogP contribution in [0.1, 0.15) is 87.9 Å². The highest BCUT2D eigenvalue weighted by molar-refractivity contribution is 6.06. The Labute approximate surface area is 227 Å². The topological polar surface area (TPSA) is 63.2 Å². The molecule has 2 aromatic rings. The molecule has 1 saturated carbocycles. The zero-order valence-electron chi connectivity index (χ0n) is 23.5. The van der Waals surface area contributed by atoms with Crippen LogP contribution in [-0.2, 0) is 9.53 Å². The zero-order chi connectivity index (χ0) is 27.1. The van der Waals surface area contributed by atoms with Crippen molar-refractivity contribution in [2.24, 2.45) is 0 Å². The van der Waals surface area contributed by atoms with Crippen molar-refractivity contribution in [1.29, 1.82) is 0 Å². The molecule has 6 heteroatoms. The molecule has 2 aromatic carbocycles. The standard InChI is InChI=1S/C32H42O6/c1-6-7-8-9-10-11-12-24-19-25(22-13-15-27(34-2)29(20-22)36-4)32(31(24)33)18-17-26(38-32)23-14-16-28(35-3)30(21-23)37-5/h12-16,20-21,25-26H,6-11,17-19H2,1-5H3. The summed E-state index contributed by atoms with van der Waals surface area (Å²) in [5.74, 6) is 2.71. The molecule has 206 valence electrons. The van der Waals surface area contributed by atoms with Crippen LogP contribution >= 0.6 is 0 Å². The van der Waals surface area contributed by atoms with E-state index >= 15 is 0 Å². The first kappa shape index (κ1) is 28.0. The molecule has 0 amide bonds. The van der Waals surface area contributed by atoms with Crippen LogP contribution in [0.25, 0.3) is 0 Å². The van der Waals surface area contributed by atoms with E-state index in [2.05, 4.69) is 13.0 Å². The van der Waals surface area contributed by atoms with E-state index in [1.165, 1.54) is 25.7 Å². The van der Waals surface area contributed by atoms with Gasteiger partial charge in [0.05, 0.1) is 34.5 Å². The van der Waals surface area contributed by atoms with Crippen LogP contribution in [0, 0.1) is 0 Å². The van der Waals surface area contributed by atoms with Crippen molar-refractivity contribution < 1.29 is 28.5 Å². The van der Waals surface area contributed by atoms with Crippen LogP contribution in [0.15, 0.2) is 48.0 Å². The number of rotatable bonds is 12. The maximum Gasteiger partial charge on any atom is 0.190 e. The first-order chi connectivity index (χ1) is 18.5. The lowest BCUT2D eigenvalue weighted by molar-refractivity contribution is -0.138. The van der Waals surface area contributed by atoms with Crippen molar-refractivity contribution in [2.75, 3.05) is 28.4 Å². The van der Waals surface area contributed by atoms with Gasteiger partial charge in [0, 0.05) is 5.92 Å². The molecule has 2 aliphatic rings. The number of Topliss-reactive ketones (excluding diaryl/α,β-unsaturated/α-hetero) is 1. The van der Waals surface area contributed by atoms with Crippen LogP contribution < -0.4 is 18.9 Å². The van der Waals surface area contributed by atoms with E-state index in [1.807, 2.05) is 36.4 Å². The summed E-state index contributed by atoms with van der Waals surface area (Å²) in [5, 5.41) is 0. The van der Waals surface area contributed by atoms with Gasteiger partial charge < -0.3 is 23.7 Å². The van der Waals surface area contributed by atoms with Crippen molar-refractivity contribution >= 4 is 5.78 Å². The largest absolute Gasteiger partial charge is 0.493 e. The van der Waals surface area contributed by atoms with E-state index in [0.29, 0.717) is 35.8 Å². The van der Waals surface area contributed by atoms with Crippen LogP contribution in [0.4, 0.5) is 0 Å². The van der Waals surface area contributed by atoms with Gasteiger partial charge in [0.15, 0.2) is 28.8 Å². The summed E-state index contributed by atoms with van der Waals surface area (Å²) in [6.45, 7) is 2.23. The molecule has 1 heterocycles. The van der Waals surface area contributed by atoms with Gasteiger partial charge in [0.1, 0.15) is 5.60 Å². The first-order valence-electron chi connectivity index (χ1n) is 13.9. The second-order valence-electron chi connectivity index (χ2n) is 10.3. The Kier molecular flexibility index (Phi) is 9.37. The summed E-state index contributed by atoms with van der Waals surface area (Å²) < 4.78 is 28.8. The van der Waals surface area contributed by atoms with E-state index in [9.17, 15) is 4.79 Å². The van der Waals surface area contributed by atoms with Gasteiger partial charge in [-0.2, -0.15) is 0 Å². The lowest BCUT2D eigenvalue weighted by atomic mass is 9.82. The Hall–Kier alpha value is -2.99. The Morgan fingerprint density at radius 3 is 2.08 bits per heavy atom. The van der Waals surface area contributed by atoms with Crippen molar-refractivity contribution in [3.63, 3.8) is 0 Å². The van der Waals surface area contributed by atoms with Crippen molar-refractivity contribution in [3.05, 3.63) is 59.2 Å². The van der Waals surface area contributed by atoms with Gasteiger partial charge in [-0.05, 0) is 73.1 Å². The molecule has 2 fully saturated rings. The maximum atomic E-state index is 14.1. The average Bonchev–Trinajstić information content (AvgIpc) is 3.52. The summed E-state index contributed by atoms with van der Waals surface area (Å²) in [4.78, 5) is 14.1. The van der Waals surface area contributed by atoms with E-state index < -0.39 is 5.60 Å². The highest BCUT2D eigenvalue weighted by Gasteiger charge is 2.58. The number of ether oxygens (including phenoxy) is 5. The molecule has 0 aromatic heterocycles. The molecule has 1 saturated heterocycles. The van der Waals surface area contributed by atoms with Gasteiger partial charge in [-0.1, -0.05) is 50.8 Å². The molecule has 4 rings (SSSR count). The number of ketones is 1. The fraction of sp³-hybridized carbons (Fsp3) is 0.531. The van der Waals surface area contributed by atoms with Gasteiger partial charge in [-0.3, -0.25) is 4.79 Å². The third kappa shape index (κ3) is 5.56. The summed E-state index contributed by atoms with van der Waals surface area (Å²) in [5.41, 5.74) is 2.03. The van der Waals surface area contributed by atoms with E-state index in [1.54, 1.807) is 28.4 Å². The van der Waals surface area contributed by atoms with E-state index in [0.717, 1.165) is 36.0 Å². The summed E-state index contributed by atoms with van der Waals surface area (Å²) in [6, 6.07) is 11.8. The van der Waals surface area contributed by atoms with Crippen molar-refractivity contribution in [3.8, 4) is 23.0 Å². The maximum absolute atomic E-state index is 14.1. The number of carbonyl (C=O) groups excluding carboxylic acids is 1. The van der Waals surface area contributed by atoms with E-state index in [-0.39, 0.29) is 17.8 Å². The number of carbonyl (C=O) groups is 1. The molecule has 0 bridgehead atoms. The smallest absolute Gasteiger partial charge is 0.190 e. The number of methoxy groups -OCH3 is 4. The van der Waals surface area contributed by atoms with Gasteiger partial charge in [0.25, 0.3) is 0 Å². The minimum atomic E-state index is -0.897. The quantitative estimate of drug-likeness (QED) is 0.214. The van der Waals surface area contributed by atoms with Gasteiger partial charge >= 0.3 is 0 Å². The number of unbranched alkanes of at least 4 members (excludes halogenated alkanes) is 5. The molecular weight excluding hydrogens is 480 g/mol. The normalized spacial score (nSPS) is 23.8. The lowest BCUT2D eigenvalue weighted by Gasteiger charge is -2.30. The van der Waals surface area contributed by atoms with Gasteiger partial charge in [-0.25, -0.2) is 0 Å². The number of benzene rings is 2. The molecular formula is C32H42O6. The zero-order valence-corrected chi connectivity index (χ0v) is 23.5. The van der Waals surface area contributed by atoms with Crippen LogP contribution in [0.3, 0.4) is 0 Å². The Morgan fingerprint density at radius 1 is 0.842 bits per heavy atom. The second-order valence-corrected chi connectivity index (χ2v) is 10.3.